The summed E-state index contributed by atoms with van der Waals surface area (Å²) in [6.07, 6.45) is 4.75. The van der Waals surface area contributed by atoms with Crippen LogP contribution in [-0.4, -0.2) is 20.9 Å². The number of fused-ring (bicyclic) bond motifs is 6. The van der Waals surface area contributed by atoms with Crippen LogP contribution in [-0.2, 0) is 24.9 Å². The summed E-state index contributed by atoms with van der Waals surface area (Å²) in [5, 5.41) is 15.7. The van der Waals surface area contributed by atoms with E-state index in [0.29, 0.717) is 0 Å². The number of ketones is 1. The zero-order chi connectivity index (χ0) is 38.9. The van der Waals surface area contributed by atoms with E-state index < -0.39 is 0 Å². The van der Waals surface area contributed by atoms with E-state index in [4.69, 9.17) is 14.4 Å². The molecule has 0 saturated heterocycles. The van der Waals surface area contributed by atoms with Gasteiger partial charge in [-0.1, -0.05) is 113 Å². The maximum atomic E-state index is 12.2. The van der Waals surface area contributed by atoms with Crippen molar-refractivity contribution < 1.29 is 34.4 Å². The number of aryl methyl sites for hydroxylation is 4. The Morgan fingerprint density at radius 2 is 1.36 bits per heavy atom. The Labute approximate surface area is 339 Å². The number of rotatable bonds is 9. The van der Waals surface area contributed by atoms with E-state index in [1.807, 2.05) is 54.5 Å². The Morgan fingerprint density at radius 3 is 2.00 bits per heavy atom. The SMILES string of the molecule is CCC(C)(CC)C(=O)/C=C(\O)C(C)(CC)CC.Cc1nc(-c2[c-]ccc3c2oc2cc(-c4c(C)cccc4C)ccc23)c2cc(C)c3ccccc3c2n1.[Ir]. The van der Waals surface area contributed by atoms with Crippen LogP contribution in [0.4, 0.5) is 0 Å². The molecule has 2 heterocycles. The molecule has 0 spiro atoms. The van der Waals surface area contributed by atoms with Crippen molar-refractivity contribution in [3.05, 3.63) is 119 Å². The van der Waals surface area contributed by atoms with E-state index in [0.717, 1.165) is 86.6 Å². The first-order chi connectivity index (χ1) is 25.8. The van der Waals surface area contributed by atoms with Crippen LogP contribution in [0.2, 0.25) is 0 Å². The van der Waals surface area contributed by atoms with Crippen molar-refractivity contribution in [3.63, 3.8) is 0 Å². The molecule has 0 saturated carbocycles. The molecule has 55 heavy (non-hydrogen) atoms. The number of aliphatic hydroxyl groups excluding tert-OH is 1. The van der Waals surface area contributed by atoms with Crippen LogP contribution in [0.25, 0.3) is 66.0 Å². The molecule has 7 aromatic rings. The monoisotopic (exact) mass is 910 g/mol. The molecular weight excluding hydrogens is 857 g/mol. The van der Waals surface area contributed by atoms with Crippen LogP contribution in [0, 0.1) is 44.6 Å². The number of hydrogen-bond acceptors (Lipinski definition) is 5. The van der Waals surface area contributed by atoms with Crippen LogP contribution in [0.1, 0.15) is 89.7 Å². The fourth-order valence-electron chi connectivity index (χ4n) is 7.47. The molecule has 0 aliphatic rings. The fraction of sp³-hybridized carbons (Fsp3) is 0.327. The van der Waals surface area contributed by atoms with Crippen molar-refractivity contribution in [3.8, 4) is 22.4 Å². The topological polar surface area (TPSA) is 76.2 Å². The van der Waals surface area contributed by atoms with Gasteiger partial charge in [0, 0.05) is 53.5 Å². The van der Waals surface area contributed by atoms with Crippen molar-refractivity contribution in [2.45, 2.75) is 94.9 Å². The summed E-state index contributed by atoms with van der Waals surface area (Å²) in [5.41, 5.74) is 9.90. The quantitative estimate of drug-likeness (QED) is 0.0676. The van der Waals surface area contributed by atoms with Crippen molar-refractivity contribution in [2.75, 3.05) is 0 Å². The Balaban J connectivity index is 0.000000276. The predicted octanol–water partition coefficient (Wildman–Crippen LogP) is 13.7. The maximum absolute atomic E-state index is 12.2. The van der Waals surface area contributed by atoms with Gasteiger partial charge in [-0.3, -0.25) is 9.78 Å². The smallest absolute Gasteiger partial charge is 0.164 e. The molecule has 2 aromatic heterocycles. The fourth-order valence-corrected chi connectivity index (χ4v) is 7.47. The van der Waals surface area contributed by atoms with Crippen molar-refractivity contribution in [2.24, 2.45) is 10.8 Å². The second kappa shape index (κ2) is 16.6. The summed E-state index contributed by atoms with van der Waals surface area (Å²) in [5.74, 6) is 1.02. The summed E-state index contributed by atoms with van der Waals surface area (Å²) in [6.45, 7) is 20.5. The second-order valence-corrected chi connectivity index (χ2v) is 15.4. The summed E-state index contributed by atoms with van der Waals surface area (Å²) >= 11 is 0. The van der Waals surface area contributed by atoms with Gasteiger partial charge in [0.15, 0.2) is 5.78 Å². The van der Waals surface area contributed by atoms with Gasteiger partial charge in [0.05, 0.1) is 11.1 Å². The molecule has 0 atom stereocenters. The second-order valence-electron chi connectivity index (χ2n) is 15.4. The molecule has 1 N–H and O–H groups in total. The first-order valence-corrected chi connectivity index (χ1v) is 19.3. The van der Waals surface area contributed by atoms with Crippen LogP contribution >= 0.6 is 0 Å². The number of hydrogen-bond donors (Lipinski definition) is 1. The minimum atomic E-state index is -0.337. The number of aromatic nitrogens is 2. The first kappa shape index (κ1) is 41.5. The van der Waals surface area contributed by atoms with Crippen LogP contribution in [0.3, 0.4) is 0 Å². The van der Waals surface area contributed by atoms with Crippen LogP contribution in [0.5, 0.6) is 0 Å². The molecule has 0 bridgehead atoms. The van der Waals surface area contributed by atoms with E-state index in [1.54, 1.807) is 0 Å². The van der Waals surface area contributed by atoms with Gasteiger partial charge in [0.25, 0.3) is 0 Å². The number of benzene rings is 5. The van der Waals surface area contributed by atoms with E-state index in [-0.39, 0.29) is 42.5 Å². The normalized spacial score (nSPS) is 12.2. The number of furan rings is 1. The molecule has 0 fully saturated rings. The van der Waals surface area contributed by atoms with Crippen molar-refractivity contribution in [1.82, 2.24) is 9.97 Å². The van der Waals surface area contributed by atoms with Crippen molar-refractivity contribution in [1.29, 1.82) is 0 Å². The van der Waals surface area contributed by atoms with Gasteiger partial charge in [-0.15, -0.1) is 18.2 Å². The number of aliphatic hydroxyl groups is 1. The van der Waals surface area contributed by atoms with Gasteiger partial charge in [0.2, 0.25) is 0 Å². The molecule has 6 heteroatoms. The van der Waals surface area contributed by atoms with Gasteiger partial charge in [-0.05, 0) is 98.0 Å². The third kappa shape index (κ3) is 7.77. The Kier molecular flexibility index (Phi) is 12.5. The molecule has 0 amide bonds. The molecule has 1 radical (unpaired) electrons. The molecule has 0 aliphatic heterocycles. The predicted molar refractivity (Wildman–Crippen MR) is 226 cm³/mol. The van der Waals surface area contributed by atoms with Crippen molar-refractivity contribution >= 4 is 49.4 Å². The molecule has 0 aliphatic carbocycles. The third-order valence-electron chi connectivity index (χ3n) is 12.1. The van der Waals surface area contributed by atoms with Gasteiger partial charge < -0.3 is 9.52 Å². The number of allylic oxidation sites excluding steroid dienone is 2. The average molecular weight is 910 g/mol. The number of carbonyl (C=O) groups is 1. The zero-order valence-electron chi connectivity index (χ0n) is 33.9. The van der Waals surface area contributed by atoms with Gasteiger partial charge in [0.1, 0.15) is 17.2 Å². The van der Waals surface area contributed by atoms with Gasteiger partial charge >= 0.3 is 0 Å². The van der Waals surface area contributed by atoms with E-state index in [1.165, 1.54) is 33.7 Å². The molecular formula is C49H53IrN2O3-. The summed E-state index contributed by atoms with van der Waals surface area (Å²) in [4.78, 5) is 22.0. The van der Waals surface area contributed by atoms with Gasteiger partial charge in [-0.25, -0.2) is 4.98 Å². The van der Waals surface area contributed by atoms with Crippen LogP contribution in [0.15, 0.2) is 95.1 Å². The van der Waals surface area contributed by atoms with E-state index >= 15 is 0 Å². The maximum Gasteiger partial charge on any atom is 0.164 e. The standard InChI is InChI=1S/C34H25N2O.C15H28O2.Ir/c1-19-9-7-10-20(2)31(19)23-15-16-25-27-13-8-14-28(34(27)37-30(25)18-23)33-29-17-21(3)24-11-5-6-12-26(24)32(29)35-22(4)36-33;1-7-14(5,8-2)12(16)11-13(17)15(6,9-3)10-4;/h5-13,15-18H,1-4H3;11,16H,7-10H2,1-6H3;/q-1;;/b;12-11-;. The minimum Gasteiger partial charge on any atom is -0.512 e. The summed E-state index contributed by atoms with van der Waals surface area (Å²) in [7, 11) is 0. The number of carbonyl (C=O) groups excluding carboxylic acids is 1. The molecule has 5 nitrogen and oxygen atoms in total. The summed E-state index contributed by atoms with van der Waals surface area (Å²) < 4.78 is 6.59. The Morgan fingerprint density at radius 1 is 0.727 bits per heavy atom. The first-order valence-electron chi connectivity index (χ1n) is 19.3. The summed E-state index contributed by atoms with van der Waals surface area (Å²) in [6, 6.07) is 31.1. The van der Waals surface area contributed by atoms with E-state index in [2.05, 4.69) is 99.6 Å². The third-order valence-corrected chi connectivity index (χ3v) is 12.1. The van der Waals surface area contributed by atoms with E-state index in [9.17, 15) is 9.90 Å². The Bertz CT molecular complexity index is 2530. The molecule has 7 rings (SSSR count). The molecule has 0 unspecified atom stereocenters. The molecule has 5 aromatic carbocycles. The molecule has 287 valence electrons. The van der Waals surface area contributed by atoms with Gasteiger partial charge in [-0.2, -0.15) is 0 Å². The largest absolute Gasteiger partial charge is 0.512 e. The van der Waals surface area contributed by atoms with Crippen LogP contribution < -0.4 is 0 Å². The number of nitrogens with zero attached hydrogens (tertiary/aromatic N) is 2. The average Bonchev–Trinajstić information content (AvgIpc) is 3.56. The zero-order valence-corrected chi connectivity index (χ0v) is 36.3. The Hall–Kier alpha value is -4.64. The minimum absolute atomic E-state index is 0.